The Labute approximate surface area is 404 Å². The van der Waals surface area contributed by atoms with Gasteiger partial charge in [0.25, 0.3) is 0 Å². The zero-order valence-electron chi connectivity index (χ0n) is 42.7. The van der Waals surface area contributed by atoms with Crippen LogP contribution in [0, 0.1) is 0 Å². The smallest absolute Gasteiger partial charge is 0.305 e. The minimum absolute atomic E-state index is 0.143. The van der Waals surface area contributed by atoms with Gasteiger partial charge in [-0.3, -0.25) is 9.59 Å². The Bertz CT molecular complexity index is 932. The lowest BCUT2D eigenvalue weighted by molar-refractivity contribution is -0.146. The Morgan fingerprint density at radius 1 is 0.258 bits per heavy atom. The molecule has 0 rings (SSSR count). The molecular weight excluding hydrogens is 841 g/mol. The van der Waals surface area contributed by atoms with Gasteiger partial charge < -0.3 is 47.4 Å². The molecule has 0 radical (unpaired) electrons. The van der Waals surface area contributed by atoms with Gasteiger partial charge in [0.15, 0.2) is 0 Å². The Kier molecular flexibility index (Phi) is 57.5. The number of esters is 2. The molecule has 0 aromatic heterocycles. The van der Waals surface area contributed by atoms with E-state index in [1.807, 2.05) is 0 Å². The van der Waals surface area contributed by atoms with Crippen LogP contribution in [0.1, 0.15) is 194 Å². The molecule has 0 heterocycles. The highest BCUT2D eigenvalue weighted by Crippen LogP contribution is 2.12. The van der Waals surface area contributed by atoms with Gasteiger partial charge in [0.05, 0.1) is 106 Å². The van der Waals surface area contributed by atoms with Gasteiger partial charge in [-0.15, -0.1) is 0 Å². The lowest BCUT2D eigenvalue weighted by atomic mass is 10.1. The van der Waals surface area contributed by atoms with Gasteiger partial charge in [0.2, 0.25) is 0 Å². The maximum atomic E-state index is 11.9. The summed E-state index contributed by atoms with van der Waals surface area (Å²) in [6, 6.07) is 0. The molecular formula is C54H102O12. The molecule has 12 nitrogen and oxygen atoms in total. The summed E-state index contributed by atoms with van der Waals surface area (Å²) in [4.78, 5) is 23.9. The van der Waals surface area contributed by atoms with Crippen LogP contribution in [0.5, 0.6) is 0 Å². The van der Waals surface area contributed by atoms with Crippen molar-refractivity contribution in [3.63, 3.8) is 0 Å². The van der Waals surface area contributed by atoms with Crippen LogP contribution in [0.3, 0.4) is 0 Å². The van der Waals surface area contributed by atoms with Crippen molar-refractivity contribution in [1.82, 2.24) is 0 Å². The van der Waals surface area contributed by atoms with E-state index in [1.165, 1.54) is 141 Å². The van der Waals surface area contributed by atoms with E-state index in [2.05, 4.69) is 38.2 Å². The van der Waals surface area contributed by atoms with Gasteiger partial charge >= 0.3 is 11.9 Å². The summed E-state index contributed by atoms with van der Waals surface area (Å²) in [5.74, 6) is -0.285. The van der Waals surface area contributed by atoms with Crippen LogP contribution >= 0.6 is 0 Å². The standard InChI is InChI=1S/C54H102O12/c1-3-5-7-9-11-13-15-17-19-21-23-25-27-29-31-33-53(55)65-51-49-63-47-45-61-43-41-59-39-37-57-35-36-58-38-40-60-42-44-62-46-48-64-50-52-66-54(56)34-32-30-28-26-24-22-20-18-16-14-12-10-8-6-4-2/h17-20H,3-16,21-52H2,1-2H3/b19-17-,20-18-. The van der Waals surface area contributed by atoms with E-state index in [-0.39, 0.29) is 25.2 Å². The second-order valence-corrected chi connectivity index (χ2v) is 17.0. The lowest BCUT2D eigenvalue weighted by Gasteiger charge is -2.09. The third-order valence-electron chi connectivity index (χ3n) is 10.9. The highest BCUT2D eigenvalue weighted by molar-refractivity contribution is 5.69. The summed E-state index contributed by atoms with van der Waals surface area (Å²) in [5.41, 5.74) is 0. The van der Waals surface area contributed by atoms with E-state index in [4.69, 9.17) is 47.4 Å². The van der Waals surface area contributed by atoms with Crippen molar-refractivity contribution in [3.8, 4) is 0 Å². The Hall–Kier alpha value is -1.90. The highest BCUT2D eigenvalue weighted by Gasteiger charge is 2.04. The van der Waals surface area contributed by atoms with Crippen molar-refractivity contribution in [2.75, 3.05) is 119 Å². The van der Waals surface area contributed by atoms with Crippen molar-refractivity contribution < 1.29 is 57.0 Å². The molecule has 0 N–H and O–H groups in total. The predicted molar refractivity (Wildman–Crippen MR) is 267 cm³/mol. The van der Waals surface area contributed by atoms with E-state index in [1.54, 1.807) is 0 Å². The topological polar surface area (TPSA) is 126 Å². The zero-order chi connectivity index (χ0) is 47.6. The van der Waals surface area contributed by atoms with E-state index >= 15 is 0 Å². The molecule has 0 amide bonds. The van der Waals surface area contributed by atoms with Crippen LogP contribution in [0.25, 0.3) is 0 Å². The molecule has 66 heavy (non-hydrogen) atoms. The lowest BCUT2D eigenvalue weighted by Crippen LogP contribution is -2.15. The van der Waals surface area contributed by atoms with Crippen LogP contribution in [0.4, 0.5) is 0 Å². The fraction of sp³-hybridized carbons (Fsp3) is 0.889. The molecule has 0 saturated heterocycles. The number of ether oxygens (including phenoxy) is 10. The normalized spacial score (nSPS) is 11.7. The average molecular weight is 943 g/mol. The van der Waals surface area contributed by atoms with Crippen LogP contribution in [0.15, 0.2) is 24.3 Å². The van der Waals surface area contributed by atoms with Gasteiger partial charge in [0, 0.05) is 12.8 Å². The molecule has 0 aromatic carbocycles. The van der Waals surface area contributed by atoms with Gasteiger partial charge in [0.1, 0.15) is 13.2 Å². The molecule has 0 atom stereocenters. The zero-order valence-corrected chi connectivity index (χ0v) is 42.7. The summed E-state index contributed by atoms with van der Waals surface area (Å²) < 4.78 is 54.6. The molecule has 0 fully saturated rings. The summed E-state index contributed by atoms with van der Waals surface area (Å²) >= 11 is 0. The SMILES string of the molecule is CCCCCCCC/C=C\CCCCCCCC(=O)OCCOCCOCCOCCOCCOCCOCCOCCOCCOC(=O)CCCCCCC/C=C\CCCCCCCC. The summed E-state index contributed by atoms with van der Waals surface area (Å²) in [6.07, 6.45) is 42.6. The van der Waals surface area contributed by atoms with Gasteiger partial charge in [-0.1, -0.05) is 141 Å². The maximum absolute atomic E-state index is 11.9. The van der Waals surface area contributed by atoms with Crippen LogP contribution < -0.4 is 0 Å². The molecule has 12 heteroatoms. The Morgan fingerprint density at radius 3 is 0.697 bits per heavy atom. The number of carbonyl (C=O) groups is 2. The molecule has 0 saturated carbocycles. The molecule has 0 aliphatic heterocycles. The number of unbranched alkanes of at least 4 members (excludes halogenated alkanes) is 22. The number of rotatable bonds is 57. The van der Waals surface area contributed by atoms with E-state index in [0.717, 1.165) is 25.7 Å². The van der Waals surface area contributed by atoms with Gasteiger partial charge in [-0.2, -0.15) is 0 Å². The highest BCUT2D eigenvalue weighted by atomic mass is 16.6. The number of hydrogen-bond acceptors (Lipinski definition) is 12. The summed E-state index contributed by atoms with van der Waals surface area (Å²) in [6.45, 7) is 12.5. The fourth-order valence-electron chi connectivity index (χ4n) is 6.89. The van der Waals surface area contributed by atoms with E-state index in [9.17, 15) is 9.59 Å². The largest absolute Gasteiger partial charge is 0.463 e. The Balaban J connectivity index is 3.20. The minimum atomic E-state index is -0.143. The van der Waals surface area contributed by atoms with Crippen molar-refractivity contribution in [2.24, 2.45) is 0 Å². The van der Waals surface area contributed by atoms with E-state index < -0.39 is 0 Å². The van der Waals surface area contributed by atoms with Crippen molar-refractivity contribution in [2.45, 2.75) is 194 Å². The number of hydrogen-bond donors (Lipinski definition) is 0. The summed E-state index contributed by atoms with van der Waals surface area (Å²) in [7, 11) is 0. The fourth-order valence-corrected chi connectivity index (χ4v) is 6.89. The number of carbonyl (C=O) groups excluding carboxylic acids is 2. The second kappa shape index (κ2) is 59.2. The second-order valence-electron chi connectivity index (χ2n) is 17.0. The third-order valence-corrected chi connectivity index (χ3v) is 10.9. The molecule has 0 unspecified atom stereocenters. The molecule has 0 aliphatic rings. The minimum Gasteiger partial charge on any atom is -0.463 e. The van der Waals surface area contributed by atoms with Crippen molar-refractivity contribution in [3.05, 3.63) is 24.3 Å². The van der Waals surface area contributed by atoms with E-state index in [0.29, 0.717) is 119 Å². The molecule has 390 valence electrons. The molecule has 0 aliphatic carbocycles. The predicted octanol–water partition coefficient (Wildman–Crippen LogP) is 12.3. The van der Waals surface area contributed by atoms with Gasteiger partial charge in [-0.05, 0) is 64.2 Å². The molecule has 0 aromatic rings. The first kappa shape index (κ1) is 64.1. The quantitative estimate of drug-likeness (QED) is 0.0327. The van der Waals surface area contributed by atoms with Gasteiger partial charge in [-0.25, -0.2) is 0 Å². The number of allylic oxidation sites excluding steroid dienone is 4. The van der Waals surface area contributed by atoms with Crippen LogP contribution in [-0.4, -0.2) is 131 Å². The first-order valence-corrected chi connectivity index (χ1v) is 26.9. The van der Waals surface area contributed by atoms with Crippen LogP contribution in [-0.2, 0) is 57.0 Å². The average Bonchev–Trinajstić information content (AvgIpc) is 3.32. The van der Waals surface area contributed by atoms with Crippen molar-refractivity contribution >= 4 is 11.9 Å². The maximum Gasteiger partial charge on any atom is 0.305 e. The monoisotopic (exact) mass is 943 g/mol. The molecule has 0 spiro atoms. The first-order chi connectivity index (χ1) is 32.7. The molecule has 0 bridgehead atoms. The van der Waals surface area contributed by atoms with Crippen LogP contribution in [0.2, 0.25) is 0 Å². The summed E-state index contributed by atoms with van der Waals surface area (Å²) in [5, 5.41) is 0. The van der Waals surface area contributed by atoms with Crippen molar-refractivity contribution in [1.29, 1.82) is 0 Å². The first-order valence-electron chi connectivity index (χ1n) is 26.9. The Morgan fingerprint density at radius 2 is 0.455 bits per heavy atom. The third kappa shape index (κ3) is 58.2.